The van der Waals surface area contributed by atoms with Crippen LogP contribution in [0, 0.1) is 0 Å². The number of carboxylic acid groups (broad SMARTS) is 3. The fourth-order valence-electron chi connectivity index (χ4n) is 1.57. The molecule has 0 aromatic heterocycles. The molecule has 0 saturated carbocycles. The minimum atomic E-state index is -4.42. The van der Waals surface area contributed by atoms with Crippen molar-refractivity contribution in [2.24, 2.45) is 0 Å². The van der Waals surface area contributed by atoms with Gasteiger partial charge in [0.1, 0.15) is 0 Å². The van der Waals surface area contributed by atoms with E-state index in [1.807, 2.05) is 0 Å². The van der Waals surface area contributed by atoms with Gasteiger partial charge >= 0.3 is 23.7 Å². The molecule has 2 atom stereocenters. The number of rotatable bonds is 7. The molecule has 0 aliphatic heterocycles. The van der Waals surface area contributed by atoms with Crippen LogP contribution >= 0.6 is 0 Å². The molecule has 0 fully saturated rings. The lowest BCUT2D eigenvalue weighted by molar-refractivity contribution is -0.309. The first kappa shape index (κ1) is 17.2. The number of hydrogen-bond donors (Lipinski definition) is 7. The average molecular weight is 282 g/mol. The van der Waals surface area contributed by atoms with E-state index < -0.39 is 41.3 Å². The number of carbonyl (C=O) groups is 3. The Labute approximate surface area is 106 Å². The zero-order valence-corrected chi connectivity index (χ0v) is 9.77. The van der Waals surface area contributed by atoms with Gasteiger partial charge in [0, 0.05) is 0 Å². The Hall–Kier alpha value is -1.75. The number of hydrogen-bond acceptors (Lipinski definition) is 7. The number of aliphatic carboxylic acids is 3. The van der Waals surface area contributed by atoms with Crippen LogP contribution in [0.3, 0.4) is 0 Å². The van der Waals surface area contributed by atoms with Gasteiger partial charge in [0.2, 0.25) is 5.60 Å². The van der Waals surface area contributed by atoms with E-state index >= 15 is 0 Å². The van der Waals surface area contributed by atoms with Gasteiger partial charge in [0.05, 0.1) is 0 Å². The third-order valence-corrected chi connectivity index (χ3v) is 2.68. The fourth-order valence-corrected chi connectivity index (χ4v) is 1.57. The van der Waals surface area contributed by atoms with E-state index in [0.717, 1.165) is 0 Å². The lowest BCUT2D eigenvalue weighted by atomic mass is 9.73. The minimum Gasteiger partial charge on any atom is -0.479 e. The summed E-state index contributed by atoms with van der Waals surface area (Å²) in [5.74, 6) is -12.0. The number of carboxylic acids is 3. The lowest BCUT2D eigenvalue weighted by Crippen LogP contribution is -2.76. The molecule has 2 unspecified atom stereocenters. The van der Waals surface area contributed by atoms with Crippen LogP contribution in [0.15, 0.2) is 0 Å². The first-order chi connectivity index (χ1) is 8.39. The van der Waals surface area contributed by atoms with E-state index in [9.17, 15) is 34.8 Å². The van der Waals surface area contributed by atoms with Crippen molar-refractivity contribution >= 4 is 17.9 Å². The van der Waals surface area contributed by atoms with Crippen LogP contribution in [-0.4, -0.2) is 70.6 Å². The number of aliphatic hydroxyl groups is 4. The topological polar surface area (TPSA) is 193 Å². The van der Waals surface area contributed by atoms with E-state index in [2.05, 4.69) is 0 Å². The summed E-state index contributed by atoms with van der Waals surface area (Å²) in [6, 6.07) is 0. The molecular formula is C9H14O10. The van der Waals surface area contributed by atoms with Gasteiger partial charge in [-0.1, -0.05) is 13.3 Å². The van der Waals surface area contributed by atoms with Gasteiger partial charge in [-0.05, 0) is 6.42 Å². The molecule has 0 rings (SSSR count). The van der Waals surface area contributed by atoms with Gasteiger partial charge < -0.3 is 35.7 Å². The molecule has 7 N–H and O–H groups in total. The van der Waals surface area contributed by atoms with Crippen molar-refractivity contribution in [2.45, 2.75) is 36.8 Å². The molecule has 0 radical (unpaired) electrons. The van der Waals surface area contributed by atoms with Gasteiger partial charge in [0.25, 0.3) is 5.60 Å². The van der Waals surface area contributed by atoms with Crippen molar-refractivity contribution in [2.75, 3.05) is 0 Å². The van der Waals surface area contributed by atoms with Crippen LogP contribution in [-0.2, 0) is 14.4 Å². The Kier molecular flexibility index (Phi) is 4.62. The van der Waals surface area contributed by atoms with Gasteiger partial charge in [-0.25, -0.2) is 14.4 Å². The van der Waals surface area contributed by atoms with E-state index in [0.29, 0.717) is 0 Å². The summed E-state index contributed by atoms with van der Waals surface area (Å²) < 4.78 is 0. The van der Waals surface area contributed by atoms with Gasteiger partial charge in [0.15, 0.2) is 0 Å². The molecule has 0 spiro atoms. The molecule has 19 heavy (non-hydrogen) atoms. The highest BCUT2D eigenvalue weighted by atomic mass is 16.6. The molecule has 0 amide bonds. The van der Waals surface area contributed by atoms with Crippen molar-refractivity contribution in [1.82, 2.24) is 0 Å². The summed E-state index contributed by atoms with van der Waals surface area (Å²) in [5.41, 5.74) is -7.89. The highest BCUT2D eigenvalue weighted by molar-refractivity contribution is 5.97. The van der Waals surface area contributed by atoms with Gasteiger partial charge in [-0.15, -0.1) is 0 Å². The third kappa shape index (κ3) is 2.26. The summed E-state index contributed by atoms with van der Waals surface area (Å²) in [6.07, 6.45) is -1.12. The highest BCUT2D eigenvalue weighted by Gasteiger charge is 2.74. The predicted molar refractivity (Wildman–Crippen MR) is 54.9 cm³/mol. The third-order valence-electron chi connectivity index (χ3n) is 2.68. The molecule has 110 valence electrons. The fraction of sp³-hybridized carbons (Fsp3) is 0.667. The second kappa shape index (κ2) is 5.09. The van der Waals surface area contributed by atoms with Crippen LogP contribution in [0.5, 0.6) is 0 Å². The largest absolute Gasteiger partial charge is 0.479 e. The second-order valence-electron chi connectivity index (χ2n) is 3.91. The van der Waals surface area contributed by atoms with Crippen molar-refractivity contribution in [1.29, 1.82) is 0 Å². The zero-order valence-electron chi connectivity index (χ0n) is 9.77. The first-order valence-electron chi connectivity index (χ1n) is 4.99. The smallest absolute Gasteiger partial charge is 0.368 e. The molecule has 0 bridgehead atoms. The van der Waals surface area contributed by atoms with Crippen molar-refractivity contribution in [3.05, 3.63) is 0 Å². The Morgan fingerprint density at radius 1 is 0.842 bits per heavy atom. The predicted octanol–water partition coefficient (Wildman–Crippen LogP) is -2.82. The maximum absolute atomic E-state index is 10.9. The summed E-state index contributed by atoms with van der Waals surface area (Å²) in [5, 5.41) is 63.9. The summed E-state index contributed by atoms with van der Waals surface area (Å²) >= 11 is 0. The monoisotopic (exact) mass is 282 g/mol. The molecule has 0 heterocycles. The van der Waals surface area contributed by atoms with E-state index in [-0.39, 0.29) is 6.42 Å². The SMILES string of the molecule is CCCC(O)(C(=O)O)C(O)(C(=O)O)C(O)(O)C(=O)O. The maximum Gasteiger partial charge on any atom is 0.368 e. The molecular weight excluding hydrogens is 268 g/mol. The Morgan fingerprint density at radius 3 is 1.47 bits per heavy atom. The van der Waals surface area contributed by atoms with E-state index in [1.165, 1.54) is 6.92 Å². The second-order valence-corrected chi connectivity index (χ2v) is 3.91. The summed E-state index contributed by atoms with van der Waals surface area (Å²) in [4.78, 5) is 32.5. The van der Waals surface area contributed by atoms with Crippen LogP contribution in [0.1, 0.15) is 19.8 Å². The molecule has 0 aromatic rings. The lowest BCUT2D eigenvalue weighted by Gasteiger charge is -2.41. The standard InChI is InChI=1S/C9H14O10/c1-2-3-7(16,4(10)11)8(17,5(12)13)9(18,19)6(14)15/h16-19H,2-3H2,1H3,(H,10,11)(H,12,13)(H,14,15). The summed E-state index contributed by atoms with van der Waals surface area (Å²) in [6.45, 7) is 1.30. The molecule has 0 aliphatic rings. The molecule has 0 saturated heterocycles. The first-order valence-corrected chi connectivity index (χ1v) is 4.99. The molecule has 10 heteroatoms. The van der Waals surface area contributed by atoms with Crippen LogP contribution in [0.4, 0.5) is 0 Å². The van der Waals surface area contributed by atoms with Crippen LogP contribution < -0.4 is 0 Å². The minimum absolute atomic E-state index is 0.186. The van der Waals surface area contributed by atoms with Crippen molar-refractivity contribution < 1.29 is 50.1 Å². The Bertz CT molecular complexity index is 402. The van der Waals surface area contributed by atoms with Crippen molar-refractivity contribution in [3.8, 4) is 0 Å². The van der Waals surface area contributed by atoms with Gasteiger partial charge in [-0.3, -0.25) is 0 Å². The van der Waals surface area contributed by atoms with Crippen LogP contribution in [0.25, 0.3) is 0 Å². The zero-order chi connectivity index (χ0) is 15.6. The normalized spacial score (nSPS) is 18.2. The Balaban J connectivity index is 6.25. The van der Waals surface area contributed by atoms with Crippen LogP contribution in [0.2, 0.25) is 0 Å². The quantitative estimate of drug-likeness (QED) is 0.239. The van der Waals surface area contributed by atoms with Gasteiger partial charge in [-0.2, -0.15) is 0 Å². The van der Waals surface area contributed by atoms with E-state index in [4.69, 9.17) is 15.3 Å². The summed E-state index contributed by atoms with van der Waals surface area (Å²) in [7, 11) is 0. The van der Waals surface area contributed by atoms with Crippen molar-refractivity contribution in [3.63, 3.8) is 0 Å². The molecule has 0 aliphatic carbocycles. The molecule has 0 aromatic carbocycles. The maximum atomic E-state index is 10.9. The Morgan fingerprint density at radius 2 is 1.26 bits per heavy atom. The van der Waals surface area contributed by atoms with E-state index in [1.54, 1.807) is 0 Å². The average Bonchev–Trinajstić information content (AvgIpc) is 2.26. The molecule has 10 nitrogen and oxygen atoms in total. The highest BCUT2D eigenvalue weighted by Crippen LogP contribution is 2.36.